The van der Waals surface area contributed by atoms with E-state index in [9.17, 15) is 0 Å². The first-order valence-corrected chi connectivity index (χ1v) is 4.79. The zero-order valence-electron chi connectivity index (χ0n) is 8.75. The summed E-state index contributed by atoms with van der Waals surface area (Å²) >= 11 is 0. The molecule has 13 heavy (non-hydrogen) atoms. The molecular formula is C12H19N. The van der Waals surface area contributed by atoms with Crippen LogP contribution < -0.4 is 5.73 Å². The monoisotopic (exact) mass is 177 g/mol. The van der Waals surface area contributed by atoms with Crippen molar-refractivity contribution in [2.75, 3.05) is 0 Å². The molecule has 0 bridgehead atoms. The topological polar surface area (TPSA) is 26.0 Å². The molecule has 1 aromatic carbocycles. The van der Waals surface area contributed by atoms with Gasteiger partial charge in [-0.2, -0.15) is 0 Å². The van der Waals surface area contributed by atoms with Gasteiger partial charge in [0.25, 0.3) is 0 Å². The first-order chi connectivity index (χ1) is 6.00. The first-order valence-electron chi connectivity index (χ1n) is 4.79. The molecule has 0 heterocycles. The number of rotatable bonds is 2. The minimum Gasteiger partial charge on any atom is -0.327 e. The lowest BCUT2D eigenvalue weighted by molar-refractivity contribution is 0.318. The van der Waals surface area contributed by atoms with Gasteiger partial charge < -0.3 is 5.73 Å². The van der Waals surface area contributed by atoms with E-state index < -0.39 is 0 Å². The molecular weight excluding hydrogens is 158 g/mol. The van der Waals surface area contributed by atoms with Crippen molar-refractivity contribution in [1.82, 2.24) is 0 Å². The summed E-state index contributed by atoms with van der Waals surface area (Å²) in [5.41, 5.74) is 7.60. The van der Waals surface area contributed by atoms with Gasteiger partial charge in [-0.15, -0.1) is 0 Å². The molecule has 0 radical (unpaired) electrons. The maximum absolute atomic E-state index is 6.08. The normalized spacial score (nSPS) is 14.2. The SMILES string of the molecule is CC(C)(C)[C@@H](N)Cc1ccccc1. The predicted molar refractivity (Wildman–Crippen MR) is 57.6 cm³/mol. The van der Waals surface area contributed by atoms with Gasteiger partial charge in [0.1, 0.15) is 0 Å². The lowest BCUT2D eigenvalue weighted by atomic mass is 9.84. The van der Waals surface area contributed by atoms with Crippen molar-refractivity contribution in [3.8, 4) is 0 Å². The minimum absolute atomic E-state index is 0.190. The van der Waals surface area contributed by atoms with Crippen molar-refractivity contribution < 1.29 is 0 Å². The van der Waals surface area contributed by atoms with Crippen molar-refractivity contribution >= 4 is 0 Å². The molecule has 0 aliphatic heterocycles. The molecule has 0 aromatic heterocycles. The maximum atomic E-state index is 6.08. The van der Waals surface area contributed by atoms with E-state index in [1.54, 1.807) is 0 Å². The molecule has 0 aliphatic rings. The van der Waals surface area contributed by atoms with Crippen molar-refractivity contribution in [2.45, 2.75) is 33.2 Å². The molecule has 0 saturated carbocycles. The average Bonchev–Trinajstić information content (AvgIpc) is 2.04. The fourth-order valence-electron chi connectivity index (χ4n) is 1.17. The second-order valence-corrected chi connectivity index (χ2v) is 4.66. The molecule has 0 unspecified atom stereocenters. The summed E-state index contributed by atoms with van der Waals surface area (Å²) in [6.07, 6.45) is 0.963. The number of nitrogens with two attached hydrogens (primary N) is 1. The van der Waals surface area contributed by atoms with Crippen molar-refractivity contribution in [1.29, 1.82) is 0 Å². The molecule has 72 valence electrons. The van der Waals surface area contributed by atoms with Crippen LogP contribution in [0.2, 0.25) is 0 Å². The Balaban J connectivity index is 2.61. The van der Waals surface area contributed by atoms with Gasteiger partial charge in [0, 0.05) is 6.04 Å². The van der Waals surface area contributed by atoms with Gasteiger partial charge in [-0.1, -0.05) is 51.1 Å². The minimum atomic E-state index is 0.190. The van der Waals surface area contributed by atoms with Gasteiger partial charge in [0.05, 0.1) is 0 Å². The summed E-state index contributed by atoms with van der Waals surface area (Å²) < 4.78 is 0. The summed E-state index contributed by atoms with van der Waals surface area (Å²) in [5.74, 6) is 0. The van der Waals surface area contributed by atoms with Crippen LogP contribution in [0.5, 0.6) is 0 Å². The van der Waals surface area contributed by atoms with E-state index in [4.69, 9.17) is 5.73 Å². The van der Waals surface area contributed by atoms with Crippen LogP contribution in [0.4, 0.5) is 0 Å². The maximum Gasteiger partial charge on any atom is 0.0128 e. The fourth-order valence-corrected chi connectivity index (χ4v) is 1.17. The average molecular weight is 177 g/mol. The van der Waals surface area contributed by atoms with Crippen molar-refractivity contribution in [3.05, 3.63) is 35.9 Å². The van der Waals surface area contributed by atoms with E-state index in [-0.39, 0.29) is 11.5 Å². The van der Waals surface area contributed by atoms with E-state index in [1.165, 1.54) is 5.56 Å². The Kier molecular flexibility index (Phi) is 3.10. The van der Waals surface area contributed by atoms with Crippen LogP contribution in [0.25, 0.3) is 0 Å². The Bertz CT molecular complexity index is 246. The molecule has 1 atom stereocenters. The van der Waals surface area contributed by atoms with Gasteiger partial charge in [-0.3, -0.25) is 0 Å². The van der Waals surface area contributed by atoms with Crippen LogP contribution in [0, 0.1) is 5.41 Å². The number of benzene rings is 1. The third-order valence-electron chi connectivity index (χ3n) is 2.41. The molecule has 1 heteroatoms. The first kappa shape index (κ1) is 10.3. The molecule has 0 aliphatic carbocycles. The van der Waals surface area contributed by atoms with Crippen molar-refractivity contribution in [2.24, 2.45) is 11.1 Å². The Morgan fingerprint density at radius 2 is 1.69 bits per heavy atom. The van der Waals surface area contributed by atoms with Gasteiger partial charge in [-0.05, 0) is 17.4 Å². The molecule has 1 nitrogen and oxygen atoms in total. The summed E-state index contributed by atoms with van der Waals surface area (Å²) in [5, 5.41) is 0. The van der Waals surface area contributed by atoms with Gasteiger partial charge >= 0.3 is 0 Å². The number of hydrogen-bond donors (Lipinski definition) is 1. The van der Waals surface area contributed by atoms with Crippen LogP contribution in [0.15, 0.2) is 30.3 Å². The van der Waals surface area contributed by atoms with Crippen LogP contribution in [0.3, 0.4) is 0 Å². The van der Waals surface area contributed by atoms with Crippen LogP contribution >= 0.6 is 0 Å². The van der Waals surface area contributed by atoms with E-state index in [0.29, 0.717) is 0 Å². The van der Waals surface area contributed by atoms with Gasteiger partial charge in [-0.25, -0.2) is 0 Å². The lowest BCUT2D eigenvalue weighted by Gasteiger charge is -2.27. The predicted octanol–water partition coefficient (Wildman–Crippen LogP) is 2.60. The Labute approximate surface area is 81.0 Å². The quantitative estimate of drug-likeness (QED) is 0.738. The molecule has 2 N–H and O–H groups in total. The second-order valence-electron chi connectivity index (χ2n) is 4.66. The largest absolute Gasteiger partial charge is 0.327 e. The van der Waals surface area contributed by atoms with E-state index >= 15 is 0 Å². The van der Waals surface area contributed by atoms with Crippen molar-refractivity contribution in [3.63, 3.8) is 0 Å². The summed E-state index contributed by atoms with van der Waals surface area (Å²) in [6, 6.07) is 10.6. The summed E-state index contributed by atoms with van der Waals surface area (Å²) in [7, 11) is 0. The molecule has 0 amide bonds. The summed E-state index contributed by atoms with van der Waals surface area (Å²) in [4.78, 5) is 0. The zero-order valence-corrected chi connectivity index (χ0v) is 8.75. The number of hydrogen-bond acceptors (Lipinski definition) is 1. The zero-order chi connectivity index (χ0) is 9.90. The van der Waals surface area contributed by atoms with E-state index in [2.05, 4.69) is 45.0 Å². The highest BCUT2D eigenvalue weighted by Crippen LogP contribution is 2.20. The third kappa shape index (κ3) is 3.19. The van der Waals surface area contributed by atoms with Gasteiger partial charge in [0.15, 0.2) is 0 Å². The molecule has 0 fully saturated rings. The molecule has 1 aromatic rings. The lowest BCUT2D eigenvalue weighted by Crippen LogP contribution is -2.36. The Morgan fingerprint density at radius 1 is 1.15 bits per heavy atom. The fraction of sp³-hybridized carbons (Fsp3) is 0.500. The molecule has 0 saturated heterocycles. The summed E-state index contributed by atoms with van der Waals surface area (Å²) in [6.45, 7) is 6.54. The highest BCUT2D eigenvalue weighted by molar-refractivity contribution is 5.16. The highest BCUT2D eigenvalue weighted by atomic mass is 14.7. The molecule has 1 rings (SSSR count). The second kappa shape index (κ2) is 3.93. The van der Waals surface area contributed by atoms with Gasteiger partial charge in [0.2, 0.25) is 0 Å². The van der Waals surface area contributed by atoms with E-state index in [1.807, 2.05) is 6.07 Å². The Hall–Kier alpha value is -0.820. The third-order valence-corrected chi connectivity index (χ3v) is 2.41. The highest BCUT2D eigenvalue weighted by Gasteiger charge is 2.20. The molecule has 0 spiro atoms. The standard InChI is InChI=1S/C12H19N/c1-12(2,3)11(13)9-10-7-5-4-6-8-10/h4-8,11H,9,13H2,1-3H3/t11-/m0/s1. The van der Waals surface area contributed by atoms with E-state index in [0.717, 1.165) is 6.42 Å². The van der Waals surface area contributed by atoms with Crippen LogP contribution in [0.1, 0.15) is 26.3 Å². The van der Waals surface area contributed by atoms with Crippen LogP contribution in [-0.4, -0.2) is 6.04 Å². The smallest absolute Gasteiger partial charge is 0.0128 e. The Morgan fingerprint density at radius 3 is 2.15 bits per heavy atom. The van der Waals surface area contributed by atoms with Crippen LogP contribution in [-0.2, 0) is 6.42 Å².